The third kappa shape index (κ3) is 5.49. The number of ether oxygens (including phenoxy) is 1. The van der Waals surface area contributed by atoms with Crippen molar-refractivity contribution in [3.8, 4) is 5.75 Å². The number of para-hydroxylation sites is 2. The maximum Gasteiger partial charge on any atom is 0.262 e. The van der Waals surface area contributed by atoms with Gasteiger partial charge >= 0.3 is 0 Å². The highest BCUT2D eigenvalue weighted by Crippen LogP contribution is 2.25. The molecule has 0 saturated carbocycles. The predicted octanol–water partition coefficient (Wildman–Crippen LogP) is 4.47. The number of carbonyl (C=O) groups excluding carboxylic acids is 1. The average Bonchev–Trinajstić information content (AvgIpc) is 2.69. The third-order valence-corrected chi connectivity index (χ3v) is 5.69. The number of hydrogen-bond acceptors (Lipinski definition) is 4. The molecule has 0 fully saturated rings. The number of sulfonamides is 1. The first kappa shape index (κ1) is 20.7. The topological polar surface area (TPSA) is 84.5 Å². The standard InChI is InChI=1S/C21H19ClN2O4S/c1-15-7-2-5-12-20(15)28-14-21(25)23-16-8-6-9-17(13-16)29(26,27)24-19-11-4-3-10-18(19)22/h2-13,24H,14H2,1H3,(H,23,25). The minimum absolute atomic E-state index is 0.00459. The van der Waals surface area contributed by atoms with Crippen LogP contribution >= 0.6 is 11.6 Å². The Balaban J connectivity index is 1.68. The van der Waals surface area contributed by atoms with E-state index >= 15 is 0 Å². The third-order valence-electron chi connectivity index (χ3n) is 4.00. The van der Waals surface area contributed by atoms with E-state index in [-0.39, 0.29) is 22.2 Å². The Kier molecular flexibility index (Phi) is 6.41. The van der Waals surface area contributed by atoms with Crippen molar-refractivity contribution in [2.75, 3.05) is 16.6 Å². The molecule has 0 unspecified atom stereocenters. The summed E-state index contributed by atoms with van der Waals surface area (Å²) in [6.07, 6.45) is 0. The lowest BCUT2D eigenvalue weighted by atomic mass is 10.2. The van der Waals surface area contributed by atoms with Gasteiger partial charge < -0.3 is 10.1 Å². The predicted molar refractivity (Wildman–Crippen MR) is 114 cm³/mol. The summed E-state index contributed by atoms with van der Waals surface area (Å²) in [6.45, 7) is 1.69. The van der Waals surface area contributed by atoms with Gasteiger partial charge in [0.25, 0.3) is 15.9 Å². The molecular formula is C21H19ClN2O4S. The fraction of sp³-hybridized carbons (Fsp3) is 0.0952. The average molecular weight is 431 g/mol. The number of benzene rings is 3. The van der Waals surface area contributed by atoms with Gasteiger partial charge in [0.05, 0.1) is 15.6 Å². The highest BCUT2D eigenvalue weighted by molar-refractivity contribution is 7.92. The molecule has 0 heterocycles. The molecule has 0 atom stereocenters. The van der Waals surface area contributed by atoms with Crippen LogP contribution in [0.15, 0.2) is 77.7 Å². The first-order chi connectivity index (χ1) is 13.8. The van der Waals surface area contributed by atoms with Gasteiger partial charge in [0.15, 0.2) is 6.61 Å². The second-order valence-corrected chi connectivity index (χ2v) is 8.31. The van der Waals surface area contributed by atoms with Crippen LogP contribution in [0.25, 0.3) is 0 Å². The molecule has 29 heavy (non-hydrogen) atoms. The van der Waals surface area contributed by atoms with Crippen molar-refractivity contribution in [1.29, 1.82) is 0 Å². The maximum absolute atomic E-state index is 12.6. The van der Waals surface area contributed by atoms with E-state index in [1.165, 1.54) is 12.1 Å². The summed E-state index contributed by atoms with van der Waals surface area (Å²) in [7, 11) is -3.87. The molecule has 0 aromatic heterocycles. The van der Waals surface area contributed by atoms with Crippen molar-refractivity contribution in [3.63, 3.8) is 0 Å². The smallest absolute Gasteiger partial charge is 0.262 e. The molecule has 1 amide bonds. The summed E-state index contributed by atoms with van der Waals surface area (Å²) in [4.78, 5) is 12.2. The lowest BCUT2D eigenvalue weighted by molar-refractivity contribution is -0.118. The van der Waals surface area contributed by atoms with Crippen molar-refractivity contribution >= 4 is 38.9 Å². The van der Waals surface area contributed by atoms with Gasteiger partial charge in [0.1, 0.15) is 5.75 Å². The maximum atomic E-state index is 12.6. The Labute approximate surface area is 174 Å². The molecule has 0 saturated heterocycles. The molecule has 3 rings (SSSR count). The van der Waals surface area contributed by atoms with Crippen LogP contribution in [0, 0.1) is 6.92 Å². The van der Waals surface area contributed by atoms with Crippen LogP contribution < -0.4 is 14.8 Å². The highest BCUT2D eigenvalue weighted by Gasteiger charge is 2.16. The van der Waals surface area contributed by atoms with E-state index in [0.29, 0.717) is 11.4 Å². The molecule has 0 bridgehead atoms. The van der Waals surface area contributed by atoms with E-state index in [1.54, 1.807) is 42.5 Å². The fourth-order valence-electron chi connectivity index (χ4n) is 2.55. The zero-order chi connectivity index (χ0) is 20.9. The minimum atomic E-state index is -3.87. The van der Waals surface area contributed by atoms with Crippen molar-refractivity contribution in [2.24, 2.45) is 0 Å². The number of amides is 1. The molecular weight excluding hydrogens is 412 g/mol. The zero-order valence-electron chi connectivity index (χ0n) is 15.6. The molecule has 0 aliphatic carbocycles. The number of anilines is 2. The van der Waals surface area contributed by atoms with E-state index < -0.39 is 15.9 Å². The van der Waals surface area contributed by atoms with Crippen LogP contribution in [-0.4, -0.2) is 20.9 Å². The first-order valence-electron chi connectivity index (χ1n) is 8.71. The number of halogens is 1. The Morgan fingerprint density at radius 1 is 1.00 bits per heavy atom. The molecule has 0 aliphatic heterocycles. The van der Waals surface area contributed by atoms with E-state index in [1.807, 2.05) is 25.1 Å². The van der Waals surface area contributed by atoms with Gasteiger partial charge in [-0.2, -0.15) is 0 Å². The zero-order valence-corrected chi connectivity index (χ0v) is 17.1. The van der Waals surface area contributed by atoms with Crippen molar-refractivity contribution < 1.29 is 17.9 Å². The monoisotopic (exact) mass is 430 g/mol. The Morgan fingerprint density at radius 2 is 1.72 bits per heavy atom. The molecule has 8 heteroatoms. The molecule has 0 spiro atoms. The lowest BCUT2D eigenvalue weighted by Gasteiger charge is -2.12. The van der Waals surface area contributed by atoms with Crippen molar-refractivity contribution in [1.82, 2.24) is 0 Å². The molecule has 3 aromatic rings. The number of hydrogen-bond donors (Lipinski definition) is 2. The van der Waals surface area contributed by atoms with Gasteiger partial charge in [0, 0.05) is 5.69 Å². The van der Waals surface area contributed by atoms with Gasteiger partial charge in [-0.3, -0.25) is 9.52 Å². The molecule has 150 valence electrons. The molecule has 0 aliphatic rings. The number of nitrogens with one attached hydrogen (secondary N) is 2. The first-order valence-corrected chi connectivity index (χ1v) is 10.6. The van der Waals surface area contributed by atoms with E-state index in [4.69, 9.17) is 16.3 Å². The minimum Gasteiger partial charge on any atom is -0.483 e. The summed E-state index contributed by atoms with van der Waals surface area (Å²) in [5.41, 5.74) is 1.53. The summed E-state index contributed by atoms with van der Waals surface area (Å²) < 4.78 is 33.2. The summed E-state index contributed by atoms with van der Waals surface area (Å²) in [5.74, 6) is 0.213. The Bertz CT molecular complexity index is 1130. The fourth-order valence-corrected chi connectivity index (χ4v) is 3.91. The molecule has 6 nitrogen and oxygen atoms in total. The lowest BCUT2D eigenvalue weighted by Crippen LogP contribution is -2.21. The van der Waals surface area contributed by atoms with Crippen molar-refractivity contribution in [3.05, 3.63) is 83.4 Å². The summed E-state index contributed by atoms with van der Waals surface area (Å²) in [5, 5.41) is 2.92. The summed E-state index contributed by atoms with van der Waals surface area (Å²) in [6, 6.07) is 19.8. The quantitative estimate of drug-likeness (QED) is 0.579. The van der Waals surface area contributed by atoms with Crippen LogP contribution in [0.3, 0.4) is 0 Å². The van der Waals surface area contributed by atoms with Crippen LogP contribution in [0.4, 0.5) is 11.4 Å². The highest BCUT2D eigenvalue weighted by atomic mass is 35.5. The summed E-state index contributed by atoms with van der Waals surface area (Å²) >= 11 is 6.02. The number of carbonyl (C=O) groups is 1. The second-order valence-electron chi connectivity index (χ2n) is 6.22. The van der Waals surface area contributed by atoms with Crippen LogP contribution in [-0.2, 0) is 14.8 Å². The molecule has 0 radical (unpaired) electrons. The van der Waals surface area contributed by atoms with Gasteiger partial charge in [-0.05, 0) is 48.9 Å². The number of aryl methyl sites for hydroxylation is 1. The van der Waals surface area contributed by atoms with Crippen molar-refractivity contribution in [2.45, 2.75) is 11.8 Å². The number of rotatable bonds is 7. The van der Waals surface area contributed by atoms with Crippen LogP contribution in [0.1, 0.15) is 5.56 Å². The normalized spacial score (nSPS) is 11.0. The molecule has 2 N–H and O–H groups in total. The van der Waals surface area contributed by atoms with Gasteiger partial charge in [-0.25, -0.2) is 8.42 Å². The van der Waals surface area contributed by atoms with Crippen LogP contribution in [0.5, 0.6) is 5.75 Å². The van der Waals surface area contributed by atoms with Gasteiger partial charge in [-0.1, -0.05) is 48.0 Å². The SMILES string of the molecule is Cc1ccccc1OCC(=O)Nc1cccc(S(=O)(=O)Nc2ccccc2Cl)c1. The van der Waals surface area contributed by atoms with E-state index in [0.717, 1.165) is 5.56 Å². The van der Waals surface area contributed by atoms with E-state index in [2.05, 4.69) is 10.0 Å². The Hall–Kier alpha value is -3.03. The molecule has 3 aromatic carbocycles. The Morgan fingerprint density at radius 3 is 2.48 bits per heavy atom. The van der Waals surface area contributed by atoms with Gasteiger partial charge in [-0.15, -0.1) is 0 Å². The second kappa shape index (κ2) is 8.98. The van der Waals surface area contributed by atoms with E-state index in [9.17, 15) is 13.2 Å². The van der Waals surface area contributed by atoms with Crippen LogP contribution in [0.2, 0.25) is 5.02 Å². The largest absolute Gasteiger partial charge is 0.483 e. The van der Waals surface area contributed by atoms with Gasteiger partial charge in [0.2, 0.25) is 0 Å².